The third kappa shape index (κ3) is 1.59. The molecule has 5 fully saturated rings. The summed E-state index contributed by atoms with van der Waals surface area (Å²) in [6.07, 6.45) is 3.03. The second kappa shape index (κ2) is 4.58. The van der Waals surface area contributed by atoms with Crippen LogP contribution < -0.4 is 0 Å². The molecule has 146 valence electrons. The zero-order chi connectivity index (χ0) is 19.7. The van der Waals surface area contributed by atoms with Gasteiger partial charge in [0, 0.05) is 16.4 Å². The maximum Gasteiger partial charge on any atom is 0.238 e. The summed E-state index contributed by atoms with van der Waals surface area (Å²) in [5, 5.41) is 0. The zero-order valence-electron chi connectivity index (χ0n) is 17.3. The van der Waals surface area contributed by atoms with Crippen molar-refractivity contribution in [3.63, 3.8) is 0 Å². The summed E-state index contributed by atoms with van der Waals surface area (Å²) in [5.41, 5.74) is -0.368. The number of hydrogen-bond acceptors (Lipinski definition) is 4. The second-order valence-corrected chi connectivity index (χ2v) is 11.2. The first-order chi connectivity index (χ1) is 12.4. The fourth-order valence-corrected chi connectivity index (χ4v) is 7.38. The summed E-state index contributed by atoms with van der Waals surface area (Å²) in [7, 11) is 0. The number of hydrogen-bond donors (Lipinski definition) is 0. The Kier molecular flexibility index (Phi) is 2.99. The van der Waals surface area contributed by atoms with E-state index >= 15 is 0 Å². The maximum absolute atomic E-state index is 13.1. The van der Waals surface area contributed by atoms with E-state index in [4.69, 9.17) is 4.74 Å². The lowest BCUT2D eigenvalue weighted by Gasteiger charge is -2.39. The average Bonchev–Trinajstić information content (AvgIpc) is 3.07. The Morgan fingerprint density at radius 3 is 1.96 bits per heavy atom. The van der Waals surface area contributed by atoms with E-state index in [0.717, 1.165) is 25.7 Å². The number of rotatable bonds is 1. The van der Waals surface area contributed by atoms with E-state index in [-0.39, 0.29) is 57.1 Å². The first kappa shape index (κ1) is 17.6. The molecule has 0 amide bonds. The van der Waals surface area contributed by atoms with E-state index in [2.05, 4.69) is 34.6 Å². The second-order valence-electron chi connectivity index (χ2n) is 11.2. The fraction of sp³-hybridized carbons (Fsp3) is 0.783. The van der Waals surface area contributed by atoms with Gasteiger partial charge in [-0.25, -0.2) is 0 Å². The molecule has 6 atom stereocenters. The molecular weight excluding hydrogens is 340 g/mol. The summed E-state index contributed by atoms with van der Waals surface area (Å²) in [6, 6.07) is 0. The number of ether oxygens (including phenoxy) is 1. The lowest BCUT2D eigenvalue weighted by atomic mass is 9.70. The van der Waals surface area contributed by atoms with Gasteiger partial charge in [0.05, 0.1) is 5.92 Å². The summed E-state index contributed by atoms with van der Waals surface area (Å²) >= 11 is 0. The van der Waals surface area contributed by atoms with E-state index < -0.39 is 11.5 Å². The Balaban J connectivity index is 1.48. The van der Waals surface area contributed by atoms with E-state index in [0.29, 0.717) is 5.57 Å². The zero-order valence-corrected chi connectivity index (χ0v) is 17.3. The molecule has 27 heavy (non-hydrogen) atoms. The molecule has 0 aromatic rings. The first-order valence-corrected chi connectivity index (χ1v) is 10.4. The number of ketones is 3. The van der Waals surface area contributed by atoms with Crippen LogP contribution in [-0.2, 0) is 19.1 Å². The Labute approximate surface area is 161 Å². The number of allylic oxidation sites excluding steroid dienone is 1. The highest BCUT2D eigenvalue weighted by atomic mass is 16.5. The number of carbonyl (C=O) groups is 3. The van der Waals surface area contributed by atoms with Gasteiger partial charge in [0.15, 0.2) is 17.6 Å². The molecule has 5 rings (SSSR count). The molecule has 1 aliphatic heterocycles. The van der Waals surface area contributed by atoms with Gasteiger partial charge in [-0.15, -0.1) is 0 Å². The van der Waals surface area contributed by atoms with Crippen LogP contribution in [0, 0.1) is 39.4 Å². The van der Waals surface area contributed by atoms with Crippen LogP contribution in [0.15, 0.2) is 11.3 Å². The minimum Gasteiger partial charge on any atom is -0.477 e. The number of Topliss-reactive ketones (excluding diaryl/α,β-unsaturated/α-hetero) is 3. The highest BCUT2D eigenvalue weighted by molar-refractivity contribution is 6.15. The summed E-state index contributed by atoms with van der Waals surface area (Å²) < 4.78 is 6.03. The van der Waals surface area contributed by atoms with E-state index in [1.807, 2.05) is 6.92 Å². The van der Waals surface area contributed by atoms with Gasteiger partial charge in [0.25, 0.3) is 0 Å². The summed E-state index contributed by atoms with van der Waals surface area (Å²) in [5.74, 6) is 0.420. The molecule has 4 bridgehead atoms. The van der Waals surface area contributed by atoms with Gasteiger partial charge in [-0.2, -0.15) is 0 Å². The van der Waals surface area contributed by atoms with Gasteiger partial charge in [-0.1, -0.05) is 41.5 Å². The highest BCUT2D eigenvalue weighted by Crippen LogP contribution is 2.69. The van der Waals surface area contributed by atoms with Gasteiger partial charge >= 0.3 is 0 Å². The van der Waals surface area contributed by atoms with Crippen LogP contribution >= 0.6 is 0 Å². The molecule has 0 spiro atoms. The van der Waals surface area contributed by atoms with Gasteiger partial charge in [0.2, 0.25) is 5.78 Å². The van der Waals surface area contributed by atoms with Crippen molar-refractivity contribution in [1.82, 2.24) is 0 Å². The van der Waals surface area contributed by atoms with Crippen LogP contribution in [0.2, 0.25) is 0 Å². The van der Waals surface area contributed by atoms with Crippen molar-refractivity contribution >= 4 is 17.3 Å². The average molecular weight is 370 g/mol. The van der Waals surface area contributed by atoms with Gasteiger partial charge in [0.1, 0.15) is 5.78 Å². The van der Waals surface area contributed by atoms with E-state index in [1.54, 1.807) is 0 Å². The van der Waals surface area contributed by atoms with Crippen LogP contribution in [0.1, 0.15) is 67.2 Å². The molecule has 4 saturated carbocycles. The Morgan fingerprint density at radius 1 is 0.852 bits per heavy atom. The van der Waals surface area contributed by atoms with E-state index in [9.17, 15) is 14.4 Å². The van der Waals surface area contributed by atoms with Crippen molar-refractivity contribution in [2.75, 3.05) is 0 Å². The third-order valence-corrected chi connectivity index (χ3v) is 10.2. The lowest BCUT2D eigenvalue weighted by molar-refractivity contribution is -0.156. The third-order valence-electron chi connectivity index (χ3n) is 10.2. The highest BCUT2D eigenvalue weighted by Gasteiger charge is 2.71. The maximum atomic E-state index is 13.1. The SMILES string of the molecule is CC1(C)[C@H]2CC[C@@]1(C)C(=O)/C2=C1\O[C@H]([C@H]2C(=O)[C@@]3(C)CC[C@H]2C3(C)C)C1=O. The number of carbonyl (C=O) groups excluding carboxylic acids is 3. The standard InChI is InChI=1S/C23H30O4/c1-20(2)11-7-9-22(20,5)18(25)13(11)16-15(24)17(27-16)14-12-8-10-23(6,19(14)26)21(12,3)4/h11-13,16H,7-10H2,1-6H3/b17-14-/t11-,12+,13+,16-,22-,23+/m1/s1. The quantitative estimate of drug-likeness (QED) is 0.657. The predicted octanol–water partition coefficient (Wildman–Crippen LogP) is 3.88. The molecule has 0 N–H and O–H groups in total. The topological polar surface area (TPSA) is 60.4 Å². The van der Waals surface area contributed by atoms with Crippen LogP contribution in [0.5, 0.6) is 0 Å². The fourth-order valence-electron chi connectivity index (χ4n) is 7.38. The first-order valence-electron chi connectivity index (χ1n) is 10.4. The largest absolute Gasteiger partial charge is 0.477 e. The predicted molar refractivity (Wildman–Crippen MR) is 99.6 cm³/mol. The van der Waals surface area contributed by atoms with Crippen LogP contribution in [0.3, 0.4) is 0 Å². The molecular formula is C23H30O4. The van der Waals surface area contributed by atoms with Gasteiger partial charge in [-0.05, 0) is 48.3 Å². The molecule has 0 radical (unpaired) electrons. The molecule has 0 aromatic carbocycles. The van der Waals surface area contributed by atoms with Gasteiger partial charge in [-0.3, -0.25) is 14.4 Å². The van der Waals surface area contributed by atoms with Gasteiger partial charge < -0.3 is 4.74 Å². The van der Waals surface area contributed by atoms with E-state index in [1.165, 1.54) is 0 Å². The number of fused-ring (bicyclic) bond motifs is 4. The molecule has 0 unspecified atom stereocenters. The molecule has 4 aliphatic carbocycles. The van der Waals surface area contributed by atoms with Crippen LogP contribution in [0.25, 0.3) is 0 Å². The monoisotopic (exact) mass is 370 g/mol. The summed E-state index contributed by atoms with van der Waals surface area (Å²) in [6.45, 7) is 12.7. The molecule has 5 aliphatic rings. The van der Waals surface area contributed by atoms with Crippen LogP contribution in [0.4, 0.5) is 0 Å². The Morgan fingerprint density at radius 2 is 1.48 bits per heavy atom. The Bertz CT molecular complexity index is 846. The molecule has 4 heteroatoms. The molecule has 4 nitrogen and oxygen atoms in total. The van der Waals surface area contributed by atoms with Crippen molar-refractivity contribution < 1.29 is 19.1 Å². The Hall–Kier alpha value is -1.45. The van der Waals surface area contributed by atoms with Crippen molar-refractivity contribution in [2.24, 2.45) is 39.4 Å². The van der Waals surface area contributed by atoms with Crippen molar-refractivity contribution in [3.05, 3.63) is 11.3 Å². The lowest BCUT2D eigenvalue weighted by Crippen LogP contribution is -2.50. The summed E-state index contributed by atoms with van der Waals surface area (Å²) in [4.78, 5) is 39.4. The molecule has 0 aromatic heterocycles. The molecule has 1 heterocycles. The van der Waals surface area contributed by atoms with Crippen molar-refractivity contribution in [1.29, 1.82) is 0 Å². The molecule has 1 saturated heterocycles. The van der Waals surface area contributed by atoms with Crippen molar-refractivity contribution in [3.8, 4) is 0 Å². The minimum absolute atomic E-state index is 0.0945. The smallest absolute Gasteiger partial charge is 0.238 e. The van der Waals surface area contributed by atoms with Crippen LogP contribution in [-0.4, -0.2) is 23.5 Å². The van der Waals surface area contributed by atoms with Crippen molar-refractivity contribution in [2.45, 2.75) is 73.3 Å². The minimum atomic E-state index is -0.672. The normalized spacial score (nSPS) is 51.7.